The van der Waals surface area contributed by atoms with Crippen molar-refractivity contribution < 1.29 is 14.2 Å². The summed E-state index contributed by atoms with van der Waals surface area (Å²) in [7, 11) is 0. The third-order valence-corrected chi connectivity index (χ3v) is 1.37. The number of aromatic carboxylic acids is 1. The van der Waals surface area contributed by atoms with E-state index in [-0.39, 0.29) is 5.56 Å². The van der Waals surface area contributed by atoms with E-state index in [1.165, 1.54) is 24.3 Å². The molecular weight excluding hydrogens is 168 g/mol. The molecule has 0 aromatic heterocycles. The van der Waals surface area contributed by atoms with Gasteiger partial charge in [0, 0.05) is 0 Å². The monoisotopic (exact) mass is 172 g/mol. The molecule has 0 bridgehead atoms. The van der Waals surface area contributed by atoms with Crippen LogP contribution in [0.15, 0.2) is 24.3 Å². The van der Waals surface area contributed by atoms with E-state index in [1.807, 2.05) is 0 Å². The molecule has 0 aliphatic carbocycles. The Morgan fingerprint density at radius 1 is 1.36 bits per heavy atom. The standard InChI is InChI=1S/C7H5ClO3/c8-11-6-3-1-5(2-4-6)7(9)10/h1-4H,(H,9,10). The number of carboxylic acid groups (broad SMARTS) is 1. The molecule has 0 saturated carbocycles. The summed E-state index contributed by atoms with van der Waals surface area (Å²) in [6.07, 6.45) is 0. The predicted octanol–water partition coefficient (Wildman–Crippen LogP) is 1.92. The van der Waals surface area contributed by atoms with Crippen LogP contribution in [0.25, 0.3) is 0 Å². The summed E-state index contributed by atoms with van der Waals surface area (Å²) in [6, 6.07) is 5.80. The van der Waals surface area contributed by atoms with E-state index in [9.17, 15) is 4.79 Å². The molecule has 1 aromatic carbocycles. The lowest BCUT2D eigenvalue weighted by atomic mass is 10.2. The van der Waals surface area contributed by atoms with Gasteiger partial charge in [0.15, 0.2) is 0 Å². The summed E-state index contributed by atoms with van der Waals surface area (Å²) in [5, 5.41) is 8.47. The van der Waals surface area contributed by atoms with Crippen molar-refractivity contribution in [1.29, 1.82) is 0 Å². The van der Waals surface area contributed by atoms with Crippen LogP contribution >= 0.6 is 11.9 Å². The van der Waals surface area contributed by atoms with Gasteiger partial charge in [0.2, 0.25) is 0 Å². The smallest absolute Gasteiger partial charge is 0.335 e. The molecule has 0 aliphatic heterocycles. The van der Waals surface area contributed by atoms with Gasteiger partial charge in [0.1, 0.15) is 17.6 Å². The van der Waals surface area contributed by atoms with Crippen molar-refractivity contribution >= 4 is 17.8 Å². The molecule has 1 rings (SSSR count). The topological polar surface area (TPSA) is 46.5 Å². The van der Waals surface area contributed by atoms with E-state index in [0.29, 0.717) is 5.75 Å². The first kappa shape index (κ1) is 7.88. The summed E-state index contributed by atoms with van der Waals surface area (Å²) in [6.45, 7) is 0. The zero-order chi connectivity index (χ0) is 8.27. The summed E-state index contributed by atoms with van der Waals surface area (Å²) < 4.78 is 4.33. The number of halogens is 1. The largest absolute Gasteiger partial charge is 0.478 e. The second-order valence-electron chi connectivity index (χ2n) is 1.91. The highest BCUT2D eigenvalue weighted by molar-refractivity contribution is 6.09. The number of hydrogen-bond donors (Lipinski definition) is 1. The van der Waals surface area contributed by atoms with Crippen LogP contribution in [-0.4, -0.2) is 11.1 Å². The lowest BCUT2D eigenvalue weighted by molar-refractivity contribution is 0.0697. The maximum Gasteiger partial charge on any atom is 0.335 e. The second kappa shape index (κ2) is 3.25. The van der Waals surface area contributed by atoms with Gasteiger partial charge in [0.25, 0.3) is 0 Å². The number of carboxylic acids is 1. The van der Waals surface area contributed by atoms with Crippen LogP contribution in [0.4, 0.5) is 0 Å². The first-order valence-electron chi connectivity index (χ1n) is 2.86. The summed E-state index contributed by atoms with van der Waals surface area (Å²) in [5.74, 6) is -0.539. The van der Waals surface area contributed by atoms with Crippen molar-refractivity contribution in [3.8, 4) is 5.75 Å². The maximum atomic E-state index is 10.3. The Morgan fingerprint density at radius 2 is 1.91 bits per heavy atom. The summed E-state index contributed by atoms with van der Waals surface area (Å²) in [4.78, 5) is 10.3. The Kier molecular flexibility index (Phi) is 2.33. The van der Waals surface area contributed by atoms with Gasteiger partial charge in [-0.2, -0.15) is 0 Å². The number of rotatable bonds is 2. The van der Waals surface area contributed by atoms with Gasteiger partial charge in [0.05, 0.1) is 5.56 Å². The van der Waals surface area contributed by atoms with Gasteiger partial charge in [-0.1, -0.05) is 0 Å². The quantitative estimate of drug-likeness (QED) is 0.742. The van der Waals surface area contributed by atoms with E-state index in [1.54, 1.807) is 0 Å². The number of hydrogen-bond acceptors (Lipinski definition) is 2. The SMILES string of the molecule is O=C(O)c1ccc(OCl)cc1. The molecule has 4 heteroatoms. The molecule has 0 radical (unpaired) electrons. The molecule has 3 nitrogen and oxygen atoms in total. The number of carbonyl (C=O) groups is 1. The molecule has 58 valence electrons. The fraction of sp³-hybridized carbons (Fsp3) is 0. The zero-order valence-electron chi connectivity index (χ0n) is 5.45. The minimum Gasteiger partial charge on any atom is -0.478 e. The van der Waals surface area contributed by atoms with Crippen LogP contribution in [-0.2, 0) is 0 Å². The van der Waals surface area contributed by atoms with Crippen LogP contribution in [0.5, 0.6) is 5.75 Å². The molecule has 0 unspecified atom stereocenters. The molecule has 0 amide bonds. The highest BCUT2D eigenvalue weighted by Gasteiger charge is 2.00. The molecular formula is C7H5ClO3. The Morgan fingerprint density at radius 3 is 2.27 bits per heavy atom. The third kappa shape index (κ3) is 1.85. The van der Waals surface area contributed by atoms with Crippen LogP contribution < -0.4 is 4.29 Å². The van der Waals surface area contributed by atoms with Crippen LogP contribution in [0, 0.1) is 0 Å². The van der Waals surface area contributed by atoms with Gasteiger partial charge in [-0.25, -0.2) is 4.79 Å². The van der Waals surface area contributed by atoms with Crippen molar-refractivity contribution in [2.75, 3.05) is 0 Å². The lowest BCUT2D eigenvalue weighted by Crippen LogP contribution is -1.94. The third-order valence-electron chi connectivity index (χ3n) is 1.19. The van der Waals surface area contributed by atoms with Gasteiger partial charge < -0.3 is 9.40 Å². The van der Waals surface area contributed by atoms with E-state index in [2.05, 4.69) is 4.29 Å². The van der Waals surface area contributed by atoms with E-state index in [0.717, 1.165) is 0 Å². The van der Waals surface area contributed by atoms with E-state index in [4.69, 9.17) is 17.0 Å². The predicted molar refractivity (Wildman–Crippen MR) is 39.9 cm³/mol. The molecule has 0 saturated heterocycles. The highest BCUT2D eigenvalue weighted by atomic mass is 35.5. The molecule has 0 heterocycles. The second-order valence-corrected chi connectivity index (χ2v) is 2.06. The normalized spacial score (nSPS) is 9.18. The maximum absolute atomic E-state index is 10.3. The van der Waals surface area contributed by atoms with Crippen LogP contribution in [0.2, 0.25) is 0 Å². The number of benzene rings is 1. The molecule has 0 aliphatic rings. The van der Waals surface area contributed by atoms with Crippen molar-refractivity contribution in [1.82, 2.24) is 0 Å². The van der Waals surface area contributed by atoms with Crippen molar-refractivity contribution in [2.45, 2.75) is 0 Å². The molecule has 1 N–H and O–H groups in total. The first-order chi connectivity index (χ1) is 5.24. The van der Waals surface area contributed by atoms with Crippen molar-refractivity contribution in [3.05, 3.63) is 29.8 Å². The summed E-state index contributed by atoms with van der Waals surface area (Å²) in [5.41, 5.74) is 0.211. The molecule has 0 fully saturated rings. The molecule has 11 heavy (non-hydrogen) atoms. The van der Waals surface area contributed by atoms with Crippen LogP contribution in [0.1, 0.15) is 10.4 Å². The fourth-order valence-corrected chi connectivity index (χ4v) is 0.752. The Hall–Kier alpha value is -1.22. The van der Waals surface area contributed by atoms with Gasteiger partial charge in [-0.15, -0.1) is 0 Å². The Labute approximate surface area is 68.3 Å². The van der Waals surface area contributed by atoms with Gasteiger partial charge in [-0.3, -0.25) is 0 Å². The Balaban J connectivity index is 2.91. The zero-order valence-corrected chi connectivity index (χ0v) is 6.21. The minimum atomic E-state index is -0.967. The van der Waals surface area contributed by atoms with E-state index < -0.39 is 5.97 Å². The molecule has 1 aromatic rings. The molecule has 0 atom stereocenters. The molecule has 0 spiro atoms. The van der Waals surface area contributed by atoms with Crippen molar-refractivity contribution in [2.24, 2.45) is 0 Å². The Bertz CT molecular complexity index is 255. The average molecular weight is 173 g/mol. The first-order valence-corrected chi connectivity index (χ1v) is 3.17. The van der Waals surface area contributed by atoms with E-state index >= 15 is 0 Å². The highest BCUT2D eigenvalue weighted by Crippen LogP contribution is 2.12. The average Bonchev–Trinajstić information content (AvgIpc) is 2.05. The minimum absolute atomic E-state index is 0.211. The van der Waals surface area contributed by atoms with Gasteiger partial charge >= 0.3 is 5.97 Å². The van der Waals surface area contributed by atoms with Crippen molar-refractivity contribution in [3.63, 3.8) is 0 Å². The lowest BCUT2D eigenvalue weighted by Gasteiger charge is -1.95. The summed E-state index contributed by atoms with van der Waals surface area (Å²) >= 11 is 5.01. The fourth-order valence-electron chi connectivity index (χ4n) is 0.649. The van der Waals surface area contributed by atoms with Crippen LogP contribution in [0.3, 0.4) is 0 Å². The van der Waals surface area contributed by atoms with Gasteiger partial charge in [-0.05, 0) is 24.3 Å².